The van der Waals surface area contributed by atoms with E-state index in [4.69, 9.17) is 0 Å². The van der Waals surface area contributed by atoms with Gasteiger partial charge >= 0.3 is 0 Å². The molecule has 1 atom stereocenters. The molecule has 1 aliphatic heterocycles. The molecule has 3 rings (SSSR count). The highest BCUT2D eigenvalue weighted by Gasteiger charge is 2.21. The normalized spacial score (nSPS) is 15.7. The monoisotopic (exact) mass is 328 g/mol. The van der Waals surface area contributed by atoms with Gasteiger partial charge in [0.15, 0.2) is 0 Å². The van der Waals surface area contributed by atoms with E-state index in [0.717, 1.165) is 29.9 Å². The summed E-state index contributed by atoms with van der Waals surface area (Å²) in [5.41, 5.74) is 2.99. The average molecular weight is 328 g/mol. The van der Waals surface area contributed by atoms with Crippen LogP contribution in [-0.2, 0) is 0 Å². The van der Waals surface area contributed by atoms with E-state index in [9.17, 15) is 4.79 Å². The molecule has 1 fully saturated rings. The van der Waals surface area contributed by atoms with Crippen LogP contribution in [0.1, 0.15) is 51.5 Å². The first-order chi connectivity index (χ1) is 11.0. The zero-order valence-electron chi connectivity index (χ0n) is 14.1. The number of carbonyl (C=O) groups excluding carboxylic acids is 1. The molecule has 0 aliphatic carbocycles. The minimum atomic E-state index is 0.0224. The Bertz CT molecular complexity index is 701. The van der Waals surface area contributed by atoms with Gasteiger partial charge in [0.25, 0.3) is 5.91 Å². The summed E-state index contributed by atoms with van der Waals surface area (Å²) in [4.78, 5) is 17.6. The zero-order valence-corrected chi connectivity index (χ0v) is 14.9. The minimum absolute atomic E-state index is 0.0224. The van der Waals surface area contributed by atoms with Crippen molar-refractivity contribution >= 4 is 22.9 Å². The maximum atomic E-state index is 12.8. The molecule has 0 spiro atoms. The van der Waals surface area contributed by atoms with Crippen molar-refractivity contribution in [1.82, 2.24) is 5.32 Å². The average Bonchev–Trinajstić information content (AvgIpc) is 3.18. The predicted octanol–water partition coefficient (Wildman–Crippen LogP) is 4.46. The summed E-state index contributed by atoms with van der Waals surface area (Å²) in [6, 6.07) is 10.4. The zero-order chi connectivity index (χ0) is 16.4. The molecule has 0 bridgehead atoms. The van der Waals surface area contributed by atoms with Crippen molar-refractivity contribution < 1.29 is 4.79 Å². The topological polar surface area (TPSA) is 32.3 Å². The van der Waals surface area contributed by atoms with Crippen LogP contribution in [0.5, 0.6) is 0 Å². The van der Waals surface area contributed by atoms with Crippen molar-refractivity contribution in [3.63, 3.8) is 0 Å². The van der Waals surface area contributed by atoms with Gasteiger partial charge in [-0.2, -0.15) is 0 Å². The molecular formula is C19H24N2OS. The fourth-order valence-electron chi connectivity index (χ4n) is 3.10. The number of aryl methyl sites for hydroxylation is 2. The third kappa shape index (κ3) is 3.58. The van der Waals surface area contributed by atoms with Crippen molar-refractivity contribution in [2.24, 2.45) is 0 Å². The second-order valence-corrected chi connectivity index (χ2v) is 7.68. The number of rotatable bonds is 4. The van der Waals surface area contributed by atoms with E-state index >= 15 is 0 Å². The third-order valence-corrected chi connectivity index (χ3v) is 5.56. The van der Waals surface area contributed by atoms with Crippen LogP contribution in [0.4, 0.5) is 5.69 Å². The Morgan fingerprint density at radius 2 is 1.91 bits per heavy atom. The van der Waals surface area contributed by atoms with Crippen LogP contribution in [0.2, 0.25) is 0 Å². The van der Waals surface area contributed by atoms with Crippen LogP contribution in [0.3, 0.4) is 0 Å². The molecule has 122 valence electrons. The Morgan fingerprint density at radius 1 is 1.17 bits per heavy atom. The second-order valence-electron chi connectivity index (χ2n) is 6.36. The van der Waals surface area contributed by atoms with Gasteiger partial charge in [-0.3, -0.25) is 4.79 Å². The van der Waals surface area contributed by atoms with E-state index in [1.165, 1.54) is 22.6 Å². The number of hydrogen-bond acceptors (Lipinski definition) is 3. The van der Waals surface area contributed by atoms with Gasteiger partial charge in [-0.1, -0.05) is 11.6 Å². The number of amides is 1. The van der Waals surface area contributed by atoms with Crippen molar-refractivity contribution in [3.8, 4) is 0 Å². The number of benzene rings is 1. The summed E-state index contributed by atoms with van der Waals surface area (Å²) in [6.45, 7) is 8.27. The lowest BCUT2D eigenvalue weighted by molar-refractivity contribution is 0.0941. The highest BCUT2D eigenvalue weighted by atomic mass is 32.1. The number of thiophene rings is 1. The van der Waals surface area contributed by atoms with Gasteiger partial charge < -0.3 is 10.2 Å². The van der Waals surface area contributed by atoms with Crippen LogP contribution in [0, 0.1) is 13.8 Å². The number of nitrogens with zero attached hydrogens (tertiary/aromatic N) is 1. The summed E-state index contributed by atoms with van der Waals surface area (Å²) >= 11 is 1.74. The molecule has 2 heterocycles. The number of carbonyl (C=O) groups is 1. The van der Waals surface area contributed by atoms with E-state index in [2.05, 4.69) is 48.3 Å². The second kappa shape index (κ2) is 6.75. The van der Waals surface area contributed by atoms with Crippen LogP contribution in [0.25, 0.3) is 0 Å². The Hall–Kier alpha value is -1.81. The first kappa shape index (κ1) is 16.1. The summed E-state index contributed by atoms with van der Waals surface area (Å²) in [6.07, 6.45) is 2.42. The van der Waals surface area contributed by atoms with Gasteiger partial charge in [0, 0.05) is 28.5 Å². The molecule has 1 saturated heterocycles. The summed E-state index contributed by atoms with van der Waals surface area (Å²) in [7, 11) is 0. The molecule has 23 heavy (non-hydrogen) atoms. The van der Waals surface area contributed by atoms with Gasteiger partial charge in [0.05, 0.1) is 11.6 Å². The van der Waals surface area contributed by atoms with Gasteiger partial charge in [-0.15, -0.1) is 11.3 Å². The van der Waals surface area contributed by atoms with E-state index in [1.807, 2.05) is 13.0 Å². The number of hydrogen-bond donors (Lipinski definition) is 1. The lowest BCUT2D eigenvalue weighted by Crippen LogP contribution is -2.29. The third-order valence-electron chi connectivity index (χ3n) is 4.38. The Kier molecular flexibility index (Phi) is 4.71. The summed E-state index contributed by atoms with van der Waals surface area (Å²) in [5.74, 6) is 0.0224. The molecule has 1 aromatic heterocycles. The Balaban J connectivity index is 1.82. The van der Waals surface area contributed by atoms with Crippen LogP contribution in [-0.4, -0.2) is 19.0 Å². The first-order valence-corrected chi connectivity index (χ1v) is 9.09. The molecule has 1 aliphatic rings. The molecule has 2 aromatic rings. The van der Waals surface area contributed by atoms with Gasteiger partial charge in [-0.25, -0.2) is 0 Å². The molecule has 1 amide bonds. The van der Waals surface area contributed by atoms with Gasteiger partial charge in [0.2, 0.25) is 0 Å². The fourth-order valence-corrected chi connectivity index (χ4v) is 3.98. The minimum Gasteiger partial charge on any atom is -0.371 e. The smallest absolute Gasteiger partial charge is 0.253 e. The van der Waals surface area contributed by atoms with Crippen molar-refractivity contribution in [2.75, 3.05) is 18.0 Å². The molecule has 1 unspecified atom stereocenters. The largest absolute Gasteiger partial charge is 0.371 e. The highest BCUT2D eigenvalue weighted by molar-refractivity contribution is 7.12. The highest BCUT2D eigenvalue weighted by Crippen LogP contribution is 2.27. The quantitative estimate of drug-likeness (QED) is 0.899. The van der Waals surface area contributed by atoms with E-state index in [1.54, 1.807) is 11.3 Å². The molecular weight excluding hydrogens is 304 g/mol. The van der Waals surface area contributed by atoms with Crippen LogP contribution >= 0.6 is 11.3 Å². The van der Waals surface area contributed by atoms with Gasteiger partial charge in [-0.05, 0) is 57.9 Å². The molecule has 0 radical (unpaired) electrons. The maximum absolute atomic E-state index is 12.8. The van der Waals surface area contributed by atoms with Crippen molar-refractivity contribution in [2.45, 2.75) is 39.7 Å². The molecule has 3 nitrogen and oxygen atoms in total. The summed E-state index contributed by atoms with van der Waals surface area (Å²) < 4.78 is 0. The van der Waals surface area contributed by atoms with Crippen molar-refractivity contribution in [1.29, 1.82) is 0 Å². The number of anilines is 1. The van der Waals surface area contributed by atoms with E-state index in [-0.39, 0.29) is 11.9 Å². The first-order valence-electron chi connectivity index (χ1n) is 8.27. The van der Waals surface area contributed by atoms with Gasteiger partial charge in [0.1, 0.15) is 0 Å². The number of nitrogens with one attached hydrogen (secondary N) is 1. The van der Waals surface area contributed by atoms with Crippen molar-refractivity contribution in [3.05, 3.63) is 51.2 Å². The molecule has 0 saturated carbocycles. The van der Waals surface area contributed by atoms with E-state index < -0.39 is 0 Å². The van der Waals surface area contributed by atoms with E-state index in [0.29, 0.717) is 0 Å². The van der Waals surface area contributed by atoms with Crippen LogP contribution < -0.4 is 10.2 Å². The Labute approximate surface area is 142 Å². The Morgan fingerprint density at radius 3 is 2.57 bits per heavy atom. The molecule has 1 N–H and O–H groups in total. The predicted molar refractivity (Wildman–Crippen MR) is 97.6 cm³/mol. The standard InChI is InChI=1S/C19H24N2OS/c1-13-6-8-17(21-10-4-5-11-21)16(12-13)19(22)20-15(3)18-9-7-14(2)23-18/h6-9,12,15H,4-5,10-11H2,1-3H3,(H,20,22). The van der Waals surface area contributed by atoms with Crippen LogP contribution in [0.15, 0.2) is 30.3 Å². The maximum Gasteiger partial charge on any atom is 0.253 e. The fraction of sp³-hybridized carbons (Fsp3) is 0.421. The lowest BCUT2D eigenvalue weighted by atomic mass is 10.1. The summed E-state index contributed by atoms with van der Waals surface area (Å²) in [5, 5.41) is 3.16. The lowest BCUT2D eigenvalue weighted by Gasteiger charge is -2.22. The molecule has 4 heteroatoms. The SMILES string of the molecule is Cc1ccc(N2CCCC2)c(C(=O)NC(C)c2ccc(C)s2)c1. The molecule has 1 aromatic carbocycles.